The average molecular weight is 342 g/mol. The summed E-state index contributed by atoms with van der Waals surface area (Å²) in [6, 6.07) is 8.94. The van der Waals surface area contributed by atoms with Crippen LogP contribution in [-0.2, 0) is 0 Å². The van der Waals surface area contributed by atoms with E-state index < -0.39 is 22.3 Å². The Bertz CT molecular complexity index is 1070. The van der Waals surface area contributed by atoms with Gasteiger partial charge in [0.25, 0.3) is 11.6 Å². The van der Waals surface area contributed by atoms with Gasteiger partial charge < -0.3 is 9.73 Å². The molecule has 7 nitrogen and oxygen atoms in total. The predicted octanol–water partition coefficient (Wildman–Crippen LogP) is 3.40. The SMILES string of the molecule is Cc1ccc(NC(=O)c2cc3cc(F)ccc3c(=O)o2)c([N+](=O)[O-])c1. The molecule has 2 aromatic carbocycles. The lowest BCUT2D eigenvalue weighted by molar-refractivity contribution is -0.384. The van der Waals surface area contributed by atoms with Crippen LogP contribution in [0.1, 0.15) is 16.1 Å². The van der Waals surface area contributed by atoms with Crippen molar-refractivity contribution in [1.82, 2.24) is 0 Å². The topological polar surface area (TPSA) is 102 Å². The first kappa shape index (κ1) is 16.3. The number of nitro benzene ring substituents is 1. The van der Waals surface area contributed by atoms with Crippen molar-refractivity contribution in [3.05, 3.63) is 80.1 Å². The van der Waals surface area contributed by atoms with Crippen LogP contribution < -0.4 is 10.9 Å². The summed E-state index contributed by atoms with van der Waals surface area (Å²) >= 11 is 0. The fraction of sp³-hybridized carbons (Fsp3) is 0.0588. The van der Waals surface area contributed by atoms with Crippen molar-refractivity contribution >= 4 is 28.1 Å². The van der Waals surface area contributed by atoms with Crippen LogP contribution in [0.5, 0.6) is 0 Å². The van der Waals surface area contributed by atoms with Gasteiger partial charge in [-0.05, 0) is 48.2 Å². The largest absolute Gasteiger partial charge is 0.417 e. The summed E-state index contributed by atoms with van der Waals surface area (Å²) in [6.45, 7) is 1.68. The molecule has 0 spiro atoms. The van der Waals surface area contributed by atoms with E-state index in [0.717, 1.165) is 12.1 Å². The van der Waals surface area contributed by atoms with E-state index in [9.17, 15) is 24.1 Å². The molecule has 0 radical (unpaired) electrons. The second-order valence-corrected chi connectivity index (χ2v) is 5.36. The molecule has 1 aromatic heterocycles. The highest BCUT2D eigenvalue weighted by atomic mass is 19.1. The second-order valence-electron chi connectivity index (χ2n) is 5.36. The van der Waals surface area contributed by atoms with Gasteiger partial charge in [-0.15, -0.1) is 0 Å². The number of halogens is 1. The molecular formula is C17H11FN2O5. The maximum atomic E-state index is 13.3. The zero-order chi connectivity index (χ0) is 18.1. The molecule has 8 heteroatoms. The molecule has 0 unspecified atom stereocenters. The number of carbonyl (C=O) groups excluding carboxylic acids is 1. The minimum atomic E-state index is -0.852. The lowest BCUT2D eigenvalue weighted by Gasteiger charge is -2.06. The third kappa shape index (κ3) is 3.23. The van der Waals surface area contributed by atoms with Crippen LogP contribution in [0.25, 0.3) is 10.8 Å². The Hall–Kier alpha value is -3.55. The molecule has 0 saturated heterocycles. The first-order valence-corrected chi connectivity index (χ1v) is 7.15. The summed E-state index contributed by atoms with van der Waals surface area (Å²) in [4.78, 5) is 34.7. The summed E-state index contributed by atoms with van der Waals surface area (Å²) in [5.41, 5.74) is -0.483. The summed E-state index contributed by atoms with van der Waals surface area (Å²) in [5, 5.41) is 13.8. The molecule has 0 fully saturated rings. The maximum Gasteiger partial charge on any atom is 0.344 e. The fourth-order valence-corrected chi connectivity index (χ4v) is 2.36. The molecule has 1 N–H and O–H groups in total. The fourth-order valence-electron chi connectivity index (χ4n) is 2.36. The number of carbonyl (C=O) groups is 1. The molecule has 0 aliphatic rings. The highest BCUT2D eigenvalue weighted by Gasteiger charge is 2.19. The van der Waals surface area contributed by atoms with Gasteiger partial charge in [-0.25, -0.2) is 9.18 Å². The van der Waals surface area contributed by atoms with Crippen molar-refractivity contribution in [2.45, 2.75) is 6.92 Å². The van der Waals surface area contributed by atoms with E-state index in [1.165, 1.54) is 24.3 Å². The van der Waals surface area contributed by atoms with Crippen molar-refractivity contribution < 1.29 is 18.5 Å². The number of hydrogen-bond donors (Lipinski definition) is 1. The summed E-state index contributed by atoms with van der Waals surface area (Å²) in [6.07, 6.45) is 0. The number of nitrogens with one attached hydrogen (secondary N) is 1. The van der Waals surface area contributed by atoms with Gasteiger partial charge in [0.2, 0.25) is 0 Å². The number of fused-ring (bicyclic) bond motifs is 1. The number of aryl methyl sites for hydroxylation is 1. The van der Waals surface area contributed by atoms with Gasteiger partial charge in [0, 0.05) is 6.07 Å². The van der Waals surface area contributed by atoms with E-state index in [2.05, 4.69) is 5.32 Å². The number of nitro groups is 1. The van der Waals surface area contributed by atoms with Gasteiger partial charge in [-0.2, -0.15) is 0 Å². The van der Waals surface area contributed by atoms with E-state index in [1.54, 1.807) is 13.0 Å². The molecule has 1 heterocycles. The molecule has 3 rings (SSSR count). The molecule has 0 aliphatic carbocycles. The van der Waals surface area contributed by atoms with Crippen LogP contribution >= 0.6 is 0 Å². The lowest BCUT2D eigenvalue weighted by Crippen LogP contribution is -2.16. The van der Waals surface area contributed by atoms with Crippen molar-refractivity contribution in [3.8, 4) is 0 Å². The molecule has 1 amide bonds. The third-order valence-corrected chi connectivity index (χ3v) is 3.54. The van der Waals surface area contributed by atoms with E-state index in [0.29, 0.717) is 5.56 Å². The highest BCUT2D eigenvalue weighted by molar-refractivity contribution is 6.05. The quantitative estimate of drug-likeness (QED) is 0.580. The maximum absolute atomic E-state index is 13.3. The minimum absolute atomic E-state index is 0.0393. The average Bonchev–Trinajstić information content (AvgIpc) is 2.55. The molecule has 0 atom stereocenters. The van der Waals surface area contributed by atoms with Crippen LogP contribution in [0.15, 0.2) is 51.7 Å². The van der Waals surface area contributed by atoms with Gasteiger partial charge in [0.1, 0.15) is 11.5 Å². The lowest BCUT2D eigenvalue weighted by atomic mass is 10.1. The van der Waals surface area contributed by atoms with Crippen LogP contribution in [-0.4, -0.2) is 10.8 Å². The number of amides is 1. The number of rotatable bonds is 3. The van der Waals surface area contributed by atoms with Gasteiger partial charge in [0.15, 0.2) is 5.76 Å². The Morgan fingerprint density at radius 2 is 1.96 bits per heavy atom. The van der Waals surface area contributed by atoms with Crippen molar-refractivity contribution in [1.29, 1.82) is 0 Å². The molecule has 0 bridgehead atoms. The van der Waals surface area contributed by atoms with E-state index in [1.807, 2.05) is 0 Å². The smallest absolute Gasteiger partial charge is 0.344 e. The van der Waals surface area contributed by atoms with Crippen LogP contribution in [0, 0.1) is 22.9 Å². The molecule has 25 heavy (non-hydrogen) atoms. The van der Waals surface area contributed by atoms with Gasteiger partial charge in [0.05, 0.1) is 10.3 Å². The Morgan fingerprint density at radius 1 is 1.20 bits per heavy atom. The number of nitrogens with zero attached hydrogens (tertiary/aromatic N) is 1. The van der Waals surface area contributed by atoms with E-state index in [-0.39, 0.29) is 27.9 Å². The Kier molecular flexibility index (Phi) is 4.02. The predicted molar refractivity (Wildman–Crippen MR) is 88.2 cm³/mol. The monoisotopic (exact) mass is 342 g/mol. The molecule has 0 aliphatic heterocycles. The van der Waals surface area contributed by atoms with Crippen LogP contribution in [0.4, 0.5) is 15.8 Å². The van der Waals surface area contributed by atoms with Gasteiger partial charge in [-0.3, -0.25) is 14.9 Å². The van der Waals surface area contributed by atoms with Crippen LogP contribution in [0.3, 0.4) is 0 Å². The standard InChI is InChI=1S/C17H11FN2O5/c1-9-2-5-13(14(6-9)20(23)24)19-16(21)15-8-10-7-11(18)3-4-12(10)17(22)25-15/h2-8H,1H3,(H,19,21). The second kappa shape index (κ2) is 6.16. The Labute approximate surface area is 139 Å². The minimum Gasteiger partial charge on any atom is -0.417 e. The van der Waals surface area contributed by atoms with E-state index >= 15 is 0 Å². The molecule has 0 saturated carbocycles. The zero-order valence-electron chi connectivity index (χ0n) is 12.9. The number of benzene rings is 2. The van der Waals surface area contributed by atoms with E-state index in [4.69, 9.17) is 4.42 Å². The molecule has 3 aromatic rings. The first-order valence-electron chi connectivity index (χ1n) is 7.15. The summed E-state index contributed by atoms with van der Waals surface area (Å²) < 4.78 is 18.2. The van der Waals surface area contributed by atoms with Gasteiger partial charge >= 0.3 is 5.63 Å². The zero-order valence-corrected chi connectivity index (χ0v) is 12.9. The van der Waals surface area contributed by atoms with Crippen molar-refractivity contribution in [3.63, 3.8) is 0 Å². The normalized spacial score (nSPS) is 10.6. The Morgan fingerprint density at radius 3 is 2.68 bits per heavy atom. The van der Waals surface area contributed by atoms with Crippen LogP contribution in [0.2, 0.25) is 0 Å². The first-order chi connectivity index (χ1) is 11.8. The molecule has 126 valence electrons. The number of hydrogen-bond acceptors (Lipinski definition) is 5. The van der Waals surface area contributed by atoms with Crippen molar-refractivity contribution in [2.75, 3.05) is 5.32 Å². The highest BCUT2D eigenvalue weighted by Crippen LogP contribution is 2.26. The summed E-state index contributed by atoms with van der Waals surface area (Å²) in [5.74, 6) is -1.80. The molecular weight excluding hydrogens is 331 g/mol. The Balaban J connectivity index is 2.01. The third-order valence-electron chi connectivity index (χ3n) is 3.54. The van der Waals surface area contributed by atoms with Crippen molar-refractivity contribution in [2.24, 2.45) is 0 Å². The summed E-state index contributed by atoms with van der Waals surface area (Å²) in [7, 11) is 0. The van der Waals surface area contributed by atoms with Gasteiger partial charge in [-0.1, -0.05) is 6.07 Å². The number of anilines is 1.